The summed E-state index contributed by atoms with van der Waals surface area (Å²) in [4.78, 5) is 12.2. The van der Waals surface area contributed by atoms with E-state index in [1.807, 2.05) is 31.2 Å². The standard InChI is InChI=1S/C15H22N2O3/c1-3-20-10-11-6-4-5-7-13(11)17-15(18)14-8-12(19-2)9-16-14/h4-7,12,14,16H,3,8-10H2,1-2H3,(H,17,18). The Hall–Kier alpha value is -1.43. The molecule has 5 heteroatoms. The molecule has 5 nitrogen and oxygen atoms in total. The molecule has 1 aliphatic heterocycles. The lowest BCUT2D eigenvalue weighted by molar-refractivity contribution is -0.118. The normalized spacial score (nSPS) is 21.9. The van der Waals surface area contributed by atoms with Gasteiger partial charge in [0, 0.05) is 31.5 Å². The molecule has 1 aliphatic rings. The molecule has 0 saturated carbocycles. The summed E-state index contributed by atoms with van der Waals surface area (Å²) < 4.78 is 10.7. The summed E-state index contributed by atoms with van der Waals surface area (Å²) in [5.41, 5.74) is 1.80. The van der Waals surface area contributed by atoms with Crippen LogP contribution in [0.1, 0.15) is 18.9 Å². The Morgan fingerprint density at radius 2 is 2.25 bits per heavy atom. The molecule has 2 unspecified atom stereocenters. The van der Waals surface area contributed by atoms with E-state index < -0.39 is 0 Å². The molecule has 1 aromatic carbocycles. The summed E-state index contributed by atoms with van der Waals surface area (Å²) in [5.74, 6) is -0.0199. The number of methoxy groups -OCH3 is 1. The molecule has 1 fully saturated rings. The van der Waals surface area contributed by atoms with Crippen LogP contribution in [0.15, 0.2) is 24.3 Å². The van der Waals surface area contributed by atoms with Crippen LogP contribution < -0.4 is 10.6 Å². The topological polar surface area (TPSA) is 59.6 Å². The van der Waals surface area contributed by atoms with Gasteiger partial charge in [-0.25, -0.2) is 0 Å². The zero-order chi connectivity index (χ0) is 14.4. The van der Waals surface area contributed by atoms with E-state index in [4.69, 9.17) is 9.47 Å². The van der Waals surface area contributed by atoms with Crippen molar-refractivity contribution in [2.45, 2.75) is 32.1 Å². The van der Waals surface area contributed by atoms with E-state index in [-0.39, 0.29) is 18.1 Å². The first-order valence-corrected chi connectivity index (χ1v) is 6.97. The van der Waals surface area contributed by atoms with Gasteiger partial charge in [-0.15, -0.1) is 0 Å². The number of amides is 1. The van der Waals surface area contributed by atoms with Gasteiger partial charge in [0.1, 0.15) is 0 Å². The molecular formula is C15H22N2O3. The van der Waals surface area contributed by atoms with Gasteiger partial charge in [-0.3, -0.25) is 4.79 Å². The van der Waals surface area contributed by atoms with Crippen LogP contribution in [0.2, 0.25) is 0 Å². The maximum Gasteiger partial charge on any atom is 0.241 e. The number of para-hydroxylation sites is 1. The van der Waals surface area contributed by atoms with Crippen LogP contribution in [-0.4, -0.2) is 38.3 Å². The summed E-state index contributed by atoms with van der Waals surface area (Å²) in [6.45, 7) is 3.83. The van der Waals surface area contributed by atoms with Gasteiger partial charge in [0.2, 0.25) is 5.91 Å². The highest BCUT2D eigenvalue weighted by Crippen LogP contribution is 2.18. The fourth-order valence-corrected chi connectivity index (χ4v) is 2.28. The van der Waals surface area contributed by atoms with E-state index >= 15 is 0 Å². The Bertz CT molecular complexity index is 450. The Balaban J connectivity index is 1.97. The second kappa shape index (κ2) is 7.38. The largest absolute Gasteiger partial charge is 0.380 e. The number of ether oxygens (including phenoxy) is 2. The van der Waals surface area contributed by atoms with Crippen LogP contribution in [0.5, 0.6) is 0 Å². The summed E-state index contributed by atoms with van der Waals surface area (Å²) in [6.07, 6.45) is 0.820. The van der Waals surface area contributed by atoms with Crippen LogP contribution in [0.4, 0.5) is 5.69 Å². The van der Waals surface area contributed by atoms with E-state index in [1.54, 1.807) is 7.11 Å². The summed E-state index contributed by atoms with van der Waals surface area (Å²) in [6, 6.07) is 7.52. The maximum atomic E-state index is 12.2. The monoisotopic (exact) mass is 278 g/mol. The third-order valence-electron chi connectivity index (χ3n) is 3.48. The number of hydrogen-bond donors (Lipinski definition) is 2. The zero-order valence-corrected chi connectivity index (χ0v) is 12.0. The van der Waals surface area contributed by atoms with Gasteiger partial charge in [0.05, 0.1) is 18.8 Å². The molecule has 1 saturated heterocycles. The molecule has 0 spiro atoms. The smallest absolute Gasteiger partial charge is 0.241 e. The van der Waals surface area contributed by atoms with Crippen LogP contribution in [-0.2, 0) is 20.9 Å². The van der Waals surface area contributed by atoms with E-state index in [1.165, 1.54) is 0 Å². The molecule has 2 atom stereocenters. The lowest BCUT2D eigenvalue weighted by Crippen LogP contribution is -2.35. The quantitative estimate of drug-likeness (QED) is 0.828. The molecule has 0 aliphatic carbocycles. The van der Waals surface area contributed by atoms with Gasteiger partial charge in [-0.1, -0.05) is 18.2 Å². The van der Waals surface area contributed by atoms with Gasteiger partial charge >= 0.3 is 0 Å². The minimum absolute atomic E-state index is 0.0199. The third kappa shape index (κ3) is 3.79. The second-order valence-electron chi connectivity index (χ2n) is 4.84. The van der Waals surface area contributed by atoms with Crippen molar-refractivity contribution in [2.24, 2.45) is 0 Å². The van der Waals surface area contributed by atoms with Gasteiger partial charge < -0.3 is 20.1 Å². The Kier molecular flexibility index (Phi) is 5.52. The first-order chi connectivity index (χ1) is 9.74. The molecule has 110 valence electrons. The van der Waals surface area contributed by atoms with Gasteiger partial charge in [0.15, 0.2) is 0 Å². The van der Waals surface area contributed by atoms with Crippen LogP contribution >= 0.6 is 0 Å². The highest BCUT2D eigenvalue weighted by molar-refractivity contribution is 5.95. The first kappa shape index (κ1) is 15.0. The van der Waals surface area contributed by atoms with Crippen molar-refractivity contribution in [3.05, 3.63) is 29.8 Å². The maximum absolute atomic E-state index is 12.2. The molecular weight excluding hydrogens is 256 g/mol. The number of nitrogens with one attached hydrogen (secondary N) is 2. The summed E-state index contributed by atoms with van der Waals surface area (Å²) in [5, 5.41) is 6.14. The van der Waals surface area contributed by atoms with E-state index in [0.717, 1.165) is 17.8 Å². The highest BCUT2D eigenvalue weighted by atomic mass is 16.5. The molecule has 20 heavy (non-hydrogen) atoms. The Morgan fingerprint density at radius 1 is 1.45 bits per heavy atom. The average Bonchev–Trinajstić information content (AvgIpc) is 2.95. The van der Waals surface area contributed by atoms with Gasteiger partial charge in [-0.2, -0.15) is 0 Å². The number of carbonyl (C=O) groups excluding carboxylic acids is 1. The minimum atomic E-state index is -0.194. The predicted molar refractivity (Wildman–Crippen MR) is 77.6 cm³/mol. The molecule has 0 aromatic heterocycles. The Labute approximate surface area is 119 Å². The Morgan fingerprint density at radius 3 is 2.95 bits per heavy atom. The molecule has 0 radical (unpaired) electrons. The fraction of sp³-hybridized carbons (Fsp3) is 0.533. The number of anilines is 1. The van der Waals surface area contributed by atoms with E-state index in [2.05, 4.69) is 10.6 Å². The fourth-order valence-electron chi connectivity index (χ4n) is 2.28. The SMILES string of the molecule is CCOCc1ccccc1NC(=O)C1CC(OC)CN1. The molecule has 1 heterocycles. The zero-order valence-electron chi connectivity index (χ0n) is 12.0. The van der Waals surface area contributed by atoms with Gasteiger partial charge in [-0.05, 0) is 19.4 Å². The second-order valence-corrected chi connectivity index (χ2v) is 4.84. The van der Waals surface area contributed by atoms with Crippen molar-refractivity contribution in [1.29, 1.82) is 0 Å². The van der Waals surface area contributed by atoms with E-state index in [9.17, 15) is 4.79 Å². The highest BCUT2D eigenvalue weighted by Gasteiger charge is 2.29. The minimum Gasteiger partial charge on any atom is -0.380 e. The van der Waals surface area contributed by atoms with Crippen molar-refractivity contribution in [1.82, 2.24) is 5.32 Å². The molecule has 1 aromatic rings. The third-order valence-corrected chi connectivity index (χ3v) is 3.48. The predicted octanol–water partition coefficient (Wildman–Crippen LogP) is 1.54. The molecule has 2 rings (SSSR count). The number of hydrogen-bond acceptors (Lipinski definition) is 4. The average molecular weight is 278 g/mol. The van der Waals surface area contributed by atoms with Crippen LogP contribution in [0, 0.1) is 0 Å². The first-order valence-electron chi connectivity index (χ1n) is 6.97. The lowest BCUT2D eigenvalue weighted by Gasteiger charge is -2.14. The molecule has 2 N–H and O–H groups in total. The summed E-state index contributed by atoms with van der Waals surface area (Å²) >= 11 is 0. The van der Waals surface area contributed by atoms with Crippen molar-refractivity contribution < 1.29 is 14.3 Å². The van der Waals surface area contributed by atoms with E-state index in [0.29, 0.717) is 19.6 Å². The van der Waals surface area contributed by atoms with Crippen LogP contribution in [0.25, 0.3) is 0 Å². The summed E-state index contributed by atoms with van der Waals surface area (Å²) in [7, 11) is 1.67. The molecule has 0 bridgehead atoms. The number of carbonyl (C=O) groups is 1. The number of benzene rings is 1. The van der Waals surface area contributed by atoms with Crippen molar-refractivity contribution >= 4 is 11.6 Å². The van der Waals surface area contributed by atoms with Crippen LogP contribution in [0.3, 0.4) is 0 Å². The van der Waals surface area contributed by atoms with Crippen molar-refractivity contribution in [3.8, 4) is 0 Å². The van der Waals surface area contributed by atoms with Crippen molar-refractivity contribution in [2.75, 3.05) is 25.6 Å². The number of rotatable bonds is 6. The van der Waals surface area contributed by atoms with Gasteiger partial charge in [0.25, 0.3) is 0 Å². The molecule has 1 amide bonds. The van der Waals surface area contributed by atoms with Crippen molar-refractivity contribution in [3.63, 3.8) is 0 Å². The lowest BCUT2D eigenvalue weighted by atomic mass is 10.1.